The molecule has 0 radical (unpaired) electrons. The van der Waals surface area contributed by atoms with Crippen LogP contribution in [0.25, 0.3) is 11.3 Å². The summed E-state index contributed by atoms with van der Waals surface area (Å²) in [6, 6.07) is 11.9. The van der Waals surface area contributed by atoms with E-state index in [1.165, 1.54) is 12.4 Å². The first kappa shape index (κ1) is 52.9. The van der Waals surface area contributed by atoms with E-state index in [0.29, 0.717) is 82.9 Å². The molecule has 6 aliphatic rings. The minimum absolute atomic E-state index is 0.0436. The monoisotopic (exact) mass is 1070 g/mol. The molecular weight excluding hydrogens is 997 g/mol. The molecule has 4 N–H and O–H groups in total. The number of aromatic nitrogens is 6. The van der Waals surface area contributed by atoms with E-state index < -0.39 is 11.2 Å². The van der Waals surface area contributed by atoms with Gasteiger partial charge in [0.2, 0.25) is 0 Å². The van der Waals surface area contributed by atoms with Gasteiger partial charge in [0.25, 0.3) is 23.6 Å². The Morgan fingerprint density at radius 3 is 1.35 bits per heavy atom. The summed E-state index contributed by atoms with van der Waals surface area (Å²) in [5.74, 6) is -0.686. The maximum absolute atomic E-state index is 13.5. The number of anilines is 4. The number of hydrogen-bond donors (Lipinski definition) is 4. The number of benzene rings is 2. The van der Waals surface area contributed by atoms with Crippen LogP contribution in [0.4, 0.5) is 22.7 Å². The van der Waals surface area contributed by atoms with E-state index in [1.807, 2.05) is 47.9 Å². The molecular formula is C56H70N14O8. The Hall–Kier alpha value is -7.08. The van der Waals surface area contributed by atoms with E-state index in [2.05, 4.69) is 50.4 Å². The van der Waals surface area contributed by atoms with Gasteiger partial charge < -0.3 is 49.9 Å². The van der Waals surface area contributed by atoms with Gasteiger partial charge in [0.05, 0.1) is 84.9 Å². The molecule has 0 aliphatic carbocycles. The second kappa shape index (κ2) is 21.3. The Bertz CT molecular complexity index is 3020. The van der Waals surface area contributed by atoms with Gasteiger partial charge in [-0.05, 0) is 102 Å². The van der Waals surface area contributed by atoms with Crippen molar-refractivity contribution in [2.45, 2.75) is 103 Å². The van der Waals surface area contributed by atoms with Gasteiger partial charge in [-0.1, -0.05) is 0 Å². The van der Waals surface area contributed by atoms with Crippen LogP contribution in [0.3, 0.4) is 0 Å². The lowest BCUT2D eigenvalue weighted by molar-refractivity contribution is -0.0660. The molecule has 6 aromatic rings. The van der Waals surface area contributed by atoms with Gasteiger partial charge >= 0.3 is 0 Å². The summed E-state index contributed by atoms with van der Waals surface area (Å²) in [5, 5.41) is 35.4. The van der Waals surface area contributed by atoms with E-state index >= 15 is 0 Å². The number of fused-ring (bicyclic) bond motifs is 4. The lowest BCUT2D eigenvalue weighted by Crippen LogP contribution is -2.56. The van der Waals surface area contributed by atoms with Crippen molar-refractivity contribution in [2.24, 2.45) is 0 Å². The topological polar surface area (TPSA) is 231 Å². The highest BCUT2D eigenvalue weighted by Gasteiger charge is 2.38. The first-order valence-corrected chi connectivity index (χ1v) is 27.1. The van der Waals surface area contributed by atoms with Crippen molar-refractivity contribution < 1.29 is 38.9 Å². The number of ether oxygens (including phenoxy) is 2. The van der Waals surface area contributed by atoms with Gasteiger partial charge in [-0.25, -0.2) is 19.0 Å². The zero-order valence-electron chi connectivity index (χ0n) is 45.3. The summed E-state index contributed by atoms with van der Waals surface area (Å²) in [7, 11) is 0. The number of hydrogen-bond acceptors (Lipinski definition) is 16. The summed E-state index contributed by atoms with van der Waals surface area (Å²) >= 11 is 0. The van der Waals surface area contributed by atoms with Gasteiger partial charge in [-0.2, -0.15) is 10.2 Å². The molecule has 22 nitrogen and oxygen atoms in total. The van der Waals surface area contributed by atoms with Gasteiger partial charge in [0.1, 0.15) is 11.1 Å². The number of nitrogens with zero attached hydrogens (tertiary/aromatic N) is 12. The highest BCUT2D eigenvalue weighted by Crippen LogP contribution is 2.39. The maximum Gasteiger partial charge on any atom is 0.261 e. The predicted molar refractivity (Wildman–Crippen MR) is 292 cm³/mol. The maximum atomic E-state index is 13.5. The second-order valence-electron chi connectivity index (χ2n) is 22.9. The van der Waals surface area contributed by atoms with Crippen LogP contribution in [0.2, 0.25) is 0 Å². The summed E-state index contributed by atoms with van der Waals surface area (Å²) in [5.41, 5.74) is 6.00. The minimum atomic E-state index is -0.883. The summed E-state index contributed by atoms with van der Waals surface area (Å²) in [4.78, 5) is 75.6. The lowest BCUT2D eigenvalue weighted by Gasteiger charge is -2.43. The molecule has 0 saturated carbocycles. The van der Waals surface area contributed by atoms with Crippen molar-refractivity contribution in [2.75, 3.05) is 99.2 Å². The van der Waals surface area contributed by atoms with Crippen LogP contribution >= 0.6 is 0 Å². The van der Waals surface area contributed by atoms with Crippen molar-refractivity contribution in [3.05, 3.63) is 107 Å². The molecule has 0 bridgehead atoms. The normalized spacial score (nSPS) is 19.3. The van der Waals surface area contributed by atoms with Crippen molar-refractivity contribution in [3.8, 4) is 0 Å². The number of aliphatic hydroxyl groups is 2. The van der Waals surface area contributed by atoms with Gasteiger partial charge in [0, 0.05) is 113 Å². The van der Waals surface area contributed by atoms with Crippen LogP contribution in [-0.2, 0) is 22.6 Å². The number of carbonyl (C=O) groups is 4. The molecule has 6 aliphatic heterocycles. The van der Waals surface area contributed by atoms with Crippen molar-refractivity contribution >= 4 is 57.7 Å². The Balaban J connectivity index is 0.000000165. The van der Waals surface area contributed by atoms with Crippen molar-refractivity contribution in [1.29, 1.82) is 0 Å². The fourth-order valence-corrected chi connectivity index (χ4v) is 11.7. The van der Waals surface area contributed by atoms with Crippen LogP contribution < -0.4 is 20.4 Å². The molecule has 10 heterocycles. The molecule has 2 aromatic carbocycles. The highest BCUT2D eigenvalue weighted by atomic mass is 16.5. The van der Waals surface area contributed by atoms with E-state index in [0.717, 1.165) is 101 Å². The first-order valence-electron chi connectivity index (χ1n) is 27.1. The Labute approximate surface area is 452 Å². The number of carbonyl (C=O) groups excluding carboxylic acids is 4. The summed E-state index contributed by atoms with van der Waals surface area (Å²) < 4.78 is 13.9. The predicted octanol–water partition coefficient (Wildman–Crippen LogP) is 4.02. The van der Waals surface area contributed by atoms with Crippen LogP contribution in [0.5, 0.6) is 0 Å². The molecule has 0 spiro atoms. The van der Waals surface area contributed by atoms with Crippen LogP contribution in [0, 0.1) is 0 Å². The van der Waals surface area contributed by atoms with Gasteiger partial charge in [-0.15, -0.1) is 0 Å². The van der Waals surface area contributed by atoms with Crippen LogP contribution in [0.15, 0.2) is 73.6 Å². The zero-order chi connectivity index (χ0) is 54.6. The number of piperazine rings is 2. The largest absolute Gasteiger partial charge is 0.390 e. The molecule has 2 atom stereocenters. The van der Waals surface area contributed by atoms with Crippen molar-refractivity contribution in [1.82, 2.24) is 48.8 Å². The molecule has 412 valence electrons. The standard InChI is InChI=1S/2C28H35N7O4/c2*1-18(13-28(2,3)38)34-15-19-11-23(31-26(36)22-14-30-35-6-4-5-29-25(22)35)24(12-21(19)27(34)37)33-9-7-32(8-10-33)20-16-39-17-20/h2*4-6,11-12,14,18,20,38H,7-10,13,15-17H2,1-3H3,(H,31,36)/t2*18-/m10/s1. The zero-order valence-corrected chi connectivity index (χ0v) is 45.3. The third-order valence-electron chi connectivity index (χ3n) is 15.9. The molecule has 22 heteroatoms. The van der Waals surface area contributed by atoms with E-state index in [1.54, 1.807) is 73.6 Å². The molecule has 12 rings (SSSR count). The van der Waals surface area contributed by atoms with E-state index in [-0.39, 0.29) is 35.7 Å². The fourth-order valence-electron chi connectivity index (χ4n) is 11.7. The molecule has 4 aromatic heterocycles. The third kappa shape index (κ3) is 10.9. The second-order valence-corrected chi connectivity index (χ2v) is 22.9. The number of amides is 4. The molecule has 4 fully saturated rings. The molecule has 4 amide bonds. The van der Waals surface area contributed by atoms with Crippen molar-refractivity contribution in [3.63, 3.8) is 0 Å². The summed E-state index contributed by atoms with van der Waals surface area (Å²) in [6.45, 7) is 21.6. The summed E-state index contributed by atoms with van der Waals surface area (Å²) in [6.07, 6.45) is 10.8. The average Bonchev–Trinajstić information content (AvgIpc) is 4.22. The third-order valence-corrected chi connectivity index (χ3v) is 15.9. The first-order chi connectivity index (χ1) is 37.4. The minimum Gasteiger partial charge on any atom is -0.390 e. The van der Waals surface area contributed by atoms with Crippen LogP contribution in [0.1, 0.15) is 107 Å². The van der Waals surface area contributed by atoms with Crippen LogP contribution in [-0.4, -0.2) is 197 Å². The Kier molecular flexibility index (Phi) is 14.4. The number of nitrogens with one attached hydrogen (secondary N) is 2. The van der Waals surface area contributed by atoms with E-state index in [4.69, 9.17) is 9.47 Å². The fraction of sp³-hybridized carbons (Fsp3) is 0.500. The average molecular weight is 1070 g/mol. The Morgan fingerprint density at radius 2 is 1.00 bits per heavy atom. The Morgan fingerprint density at radius 1 is 0.615 bits per heavy atom. The van der Waals surface area contributed by atoms with Gasteiger partial charge in [0.15, 0.2) is 11.3 Å². The SMILES string of the molecule is C[C@@H](CC(C)(C)O)N1Cc2cc(NC(=O)c3cnn4cccnc34)c(N3CCN(C4COC4)CC3)cc2C1=O.C[C@H](CC(C)(C)O)N1Cc2cc(NC(=O)c3cnn4cccnc34)c(N3CCN(C4COC4)CC3)cc2C1=O. The lowest BCUT2D eigenvalue weighted by atomic mass is 9.99. The molecule has 78 heavy (non-hydrogen) atoms. The highest BCUT2D eigenvalue weighted by molar-refractivity contribution is 6.11. The smallest absolute Gasteiger partial charge is 0.261 e. The quantitative estimate of drug-likeness (QED) is 0.121. The van der Waals surface area contributed by atoms with E-state index in [9.17, 15) is 29.4 Å². The number of rotatable bonds is 14. The molecule has 0 unspecified atom stereocenters. The van der Waals surface area contributed by atoms with Gasteiger partial charge in [-0.3, -0.25) is 29.0 Å². The molecule has 4 saturated heterocycles.